The number of amides is 2. The first-order chi connectivity index (χ1) is 15.8. The average molecular weight is 490 g/mol. The number of nitrogens with zero attached hydrogens (tertiary/aromatic N) is 1. The standard InChI is InChI=1S/C24H28ClN3O4S/c1-16-6-7-17(23(29)26-19-9-10-19)14-21(16)27-24(30)18-8-11-20(25)22(15-18)33(31,32)28-12-4-2-3-5-13-28/h6-8,11,14-15,19H,2-5,9-10,12-13H2,1H3,(H,26,29)(H,27,30). The first-order valence-corrected chi connectivity index (χ1v) is 13.1. The van der Waals surface area contributed by atoms with E-state index >= 15 is 0 Å². The van der Waals surface area contributed by atoms with Crippen molar-refractivity contribution in [2.75, 3.05) is 18.4 Å². The maximum absolute atomic E-state index is 13.2. The number of benzene rings is 2. The van der Waals surface area contributed by atoms with E-state index in [1.807, 2.05) is 6.92 Å². The predicted molar refractivity (Wildman–Crippen MR) is 128 cm³/mol. The zero-order valence-electron chi connectivity index (χ0n) is 18.6. The second-order valence-electron chi connectivity index (χ2n) is 8.70. The summed E-state index contributed by atoms with van der Waals surface area (Å²) in [6, 6.07) is 9.62. The number of carbonyl (C=O) groups is 2. The number of anilines is 1. The summed E-state index contributed by atoms with van der Waals surface area (Å²) < 4.78 is 27.9. The Morgan fingerprint density at radius 3 is 2.24 bits per heavy atom. The first kappa shape index (κ1) is 23.7. The van der Waals surface area contributed by atoms with Crippen LogP contribution in [0.1, 0.15) is 64.8 Å². The Bertz CT molecular complexity index is 1170. The largest absolute Gasteiger partial charge is 0.349 e. The Balaban J connectivity index is 1.56. The van der Waals surface area contributed by atoms with Crippen molar-refractivity contribution in [1.82, 2.24) is 9.62 Å². The van der Waals surface area contributed by atoms with Gasteiger partial charge in [0.25, 0.3) is 11.8 Å². The van der Waals surface area contributed by atoms with Crippen molar-refractivity contribution >= 4 is 39.1 Å². The summed E-state index contributed by atoms with van der Waals surface area (Å²) >= 11 is 6.25. The molecule has 1 aliphatic carbocycles. The molecule has 1 saturated carbocycles. The van der Waals surface area contributed by atoms with Gasteiger partial charge in [-0.1, -0.05) is 30.5 Å². The van der Waals surface area contributed by atoms with Crippen molar-refractivity contribution in [2.24, 2.45) is 0 Å². The molecule has 0 aromatic heterocycles. The highest BCUT2D eigenvalue weighted by molar-refractivity contribution is 7.89. The fraction of sp³-hybridized carbons (Fsp3) is 0.417. The zero-order valence-corrected chi connectivity index (χ0v) is 20.1. The van der Waals surface area contributed by atoms with Crippen LogP contribution < -0.4 is 10.6 Å². The van der Waals surface area contributed by atoms with Crippen LogP contribution >= 0.6 is 11.6 Å². The van der Waals surface area contributed by atoms with E-state index < -0.39 is 15.9 Å². The number of carbonyl (C=O) groups excluding carboxylic acids is 2. The lowest BCUT2D eigenvalue weighted by molar-refractivity contribution is 0.0949. The lowest BCUT2D eigenvalue weighted by atomic mass is 10.1. The Morgan fingerprint density at radius 2 is 1.58 bits per heavy atom. The van der Waals surface area contributed by atoms with Gasteiger partial charge in [-0.25, -0.2) is 8.42 Å². The molecule has 9 heteroatoms. The molecule has 2 N–H and O–H groups in total. The topological polar surface area (TPSA) is 95.6 Å². The van der Waals surface area contributed by atoms with Crippen LogP contribution in [0.2, 0.25) is 5.02 Å². The number of halogens is 1. The molecular weight excluding hydrogens is 462 g/mol. The minimum absolute atomic E-state index is 0.0620. The normalized spacial score (nSPS) is 17.3. The summed E-state index contributed by atoms with van der Waals surface area (Å²) in [5.41, 5.74) is 1.93. The van der Waals surface area contributed by atoms with E-state index in [9.17, 15) is 18.0 Å². The maximum Gasteiger partial charge on any atom is 0.255 e. The van der Waals surface area contributed by atoms with E-state index in [2.05, 4.69) is 10.6 Å². The number of hydrogen-bond acceptors (Lipinski definition) is 4. The van der Waals surface area contributed by atoms with Gasteiger partial charge in [-0.2, -0.15) is 4.31 Å². The van der Waals surface area contributed by atoms with Crippen LogP contribution in [-0.4, -0.2) is 43.7 Å². The highest BCUT2D eigenvalue weighted by Gasteiger charge is 2.28. The molecule has 1 saturated heterocycles. The zero-order chi connectivity index (χ0) is 23.6. The first-order valence-electron chi connectivity index (χ1n) is 11.3. The van der Waals surface area contributed by atoms with E-state index in [-0.39, 0.29) is 27.4 Å². The van der Waals surface area contributed by atoms with Gasteiger partial charge in [0.05, 0.1) is 5.02 Å². The number of aryl methyl sites for hydroxylation is 1. The molecule has 4 rings (SSSR count). The molecule has 2 fully saturated rings. The van der Waals surface area contributed by atoms with Gasteiger partial charge in [-0.05, 0) is 68.5 Å². The summed E-state index contributed by atoms with van der Waals surface area (Å²) in [7, 11) is -3.81. The molecule has 2 amide bonds. The molecule has 0 atom stereocenters. The number of rotatable bonds is 6. The number of hydrogen-bond donors (Lipinski definition) is 2. The third kappa shape index (κ3) is 5.57. The maximum atomic E-state index is 13.2. The van der Waals surface area contributed by atoms with Gasteiger partial charge in [-0.3, -0.25) is 9.59 Å². The van der Waals surface area contributed by atoms with Crippen LogP contribution in [0.25, 0.3) is 0 Å². The molecule has 176 valence electrons. The molecule has 1 aliphatic heterocycles. The van der Waals surface area contributed by atoms with E-state index in [4.69, 9.17) is 11.6 Å². The third-order valence-corrected chi connectivity index (χ3v) is 8.42. The van der Waals surface area contributed by atoms with Gasteiger partial charge in [-0.15, -0.1) is 0 Å². The monoisotopic (exact) mass is 489 g/mol. The van der Waals surface area contributed by atoms with Crippen LogP contribution in [0, 0.1) is 6.92 Å². The SMILES string of the molecule is Cc1ccc(C(=O)NC2CC2)cc1NC(=O)c1ccc(Cl)c(S(=O)(=O)N2CCCCCC2)c1. The van der Waals surface area contributed by atoms with Crippen LogP contribution in [0.15, 0.2) is 41.3 Å². The van der Waals surface area contributed by atoms with Gasteiger partial charge >= 0.3 is 0 Å². The van der Waals surface area contributed by atoms with E-state index in [0.717, 1.165) is 44.1 Å². The van der Waals surface area contributed by atoms with Gasteiger partial charge < -0.3 is 10.6 Å². The average Bonchev–Trinajstić information content (AvgIpc) is 3.62. The molecule has 0 radical (unpaired) electrons. The molecule has 2 aromatic carbocycles. The second kappa shape index (κ2) is 9.83. The van der Waals surface area contributed by atoms with E-state index in [1.165, 1.54) is 22.5 Å². The van der Waals surface area contributed by atoms with E-state index in [0.29, 0.717) is 24.3 Å². The quantitative estimate of drug-likeness (QED) is 0.630. The molecule has 0 unspecified atom stereocenters. The van der Waals surface area contributed by atoms with Crippen LogP contribution in [0.4, 0.5) is 5.69 Å². The lowest BCUT2D eigenvalue weighted by Gasteiger charge is -2.21. The second-order valence-corrected chi connectivity index (χ2v) is 11.0. The Hall–Kier alpha value is -2.42. The van der Waals surface area contributed by atoms with Gasteiger partial charge in [0.2, 0.25) is 10.0 Å². The molecule has 7 nitrogen and oxygen atoms in total. The third-order valence-electron chi connectivity index (χ3n) is 6.04. The highest BCUT2D eigenvalue weighted by Crippen LogP contribution is 2.28. The minimum atomic E-state index is -3.81. The van der Waals surface area contributed by atoms with Crippen molar-refractivity contribution in [3.05, 3.63) is 58.1 Å². The number of nitrogens with one attached hydrogen (secondary N) is 2. The van der Waals surface area contributed by atoms with Crippen molar-refractivity contribution in [2.45, 2.75) is 56.4 Å². The van der Waals surface area contributed by atoms with Crippen molar-refractivity contribution in [3.63, 3.8) is 0 Å². The molecule has 0 spiro atoms. The Labute approximate surface area is 199 Å². The summed E-state index contributed by atoms with van der Waals surface area (Å²) in [6.45, 7) is 2.73. The van der Waals surface area contributed by atoms with Crippen molar-refractivity contribution < 1.29 is 18.0 Å². The summed E-state index contributed by atoms with van der Waals surface area (Å²) in [6.07, 6.45) is 5.58. The lowest BCUT2D eigenvalue weighted by Crippen LogP contribution is -2.32. The van der Waals surface area contributed by atoms with Gasteiger partial charge in [0.1, 0.15) is 4.90 Å². The molecule has 0 bridgehead atoms. The van der Waals surface area contributed by atoms with Crippen LogP contribution in [0.3, 0.4) is 0 Å². The highest BCUT2D eigenvalue weighted by atomic mass is 35.5. The summed E-state index contributed by atoms with van der Waals surface area (Å²) in [4.78, 5) is 25.3. The molecule has 1 heterocycles. The number of sulfonamides is 1. The van der Waals surface area contributed by atoms with Gasteiger partial charge in [0.15, 0.2) is 0 Å². The Morgan fingerprint density at radius 1 is 0.939 bits per heavy atom. The predicted octanol–water partition coefficient (Wildman–Crippen LogP) is 4.36. The van der Waals surface area contributed by atoms with Crippen molar-refractivity contribution in [3.8, 4) is 0 Å². The fourth-order valence-electron chi connectivity index (χ4n) is 3.85. The molecule has 2 aliphatic rings. The molecular formula is C24H28ClN3O4S. The smallest absolute Gasteiger partial charge is 0.255 e. The summed E-state index contributed by atoms with van der Waals surface area (Å²) in [5.74, 6) is -0.646. The van der Waals surface area contributed by atoms with Crippen molar-refractivity contribution in [1.29, 1.82) is 0 Å². The molecule has 33 heavy (non-hydrogen) atoms. The van der Waals surface area contributed by atoms with Gasteiger partial charge in [0, 0.05) is 35.9 Å². The fourth-order valence-corrected chi connectivity index (χ4v) is 5.87. The molecule has 2 aromatic rings. The van der Waals surface area contributed by atoms with E-state index in [1.54, 1.807) is 18.2 Å². The minimum Gasteiger partial charge on any atom is -0.349 e. The van der Waals surface area contributed by atoms with Crippen LogP contribution in [-0.2, 0) is 10.0 Å². The Kier molecular flexibility index (Phi) is 7.07. The van der Waals surface area contributed by atoms with Crippen LogP contribution in [0.5, 0.6) is 0 Å². The summed E-state index contributed by atoms with van der Waals surface area (Å²) in [5, 5.41) is 5.83.